The normalized spacial score (nSPS) is 15.8. The quantitative estimate of drug-likeness (QED) is 0.715. The summed E-state index contributed by atoms with van der Waals surface area (Å²) >= 11 is 0. The van der Waals surface area contributed by atoms with Gasteiger partial charge in [-0.2, -0.15) is 0 Å². The summed E-state index contributed by atoms with van der Waals surface area (Å²) in [6, 6.07) is 0.428. The van der Waals surface area contributed by atoms with Gasteiger partial charge in [0, 0.05) is 18.4 Å². The van der Waals surface area contributed by atoms with Crippen LogP contribution in [0.25, 0.3) is 0 Å². The molecule has 6 nitrogen and oxygen atoms in total. The van der Waals surface area contributed by atoms with Gasteiger partial charge in [0.2, 0.25) is 0 Å². The van der Waals surface area contributed by atoms with Crippen LogP contribution in [-0.2, 0) is 4.79 Å². The molecule has 1 aliphatic rings. The molecule has 2 rings (SSSR count). The molecular formula is C11H16N4O2. The van der Waals surface area contributed by atoms with Crippen LogP contribution in [0.1, 0.15) is 25.7 Å². The van der Waals surface area contributed by atoms with Gasteiger partial charge in [-0.05, 0) is 12.8 Å². The van der Waals surface area contributed by atoms with E-state index in [0.717, 1.165) is 12.8 Å². The van der Waals surface area contributed by atoms with Crippen LogP contribution in [0.15, 0.2) is 12.4 Å². The molecule has 1 aliphatic carbocycles. The Morgan fingerprint density at radius 3 is 2.59 bits per heavy atom. The lowest BCUT2D eigenvalue weighted by Crippen LogP contribution is -2.19. The number of carboxylic acid groups (broad SMARTS) is 1. The maximum Gasteiger partial charge on any atom is 0.322 e. The van der Waals surface area contributed by atoms with Crippen LogP contribution < -0.4 is 10.6 Å². The van der Waals surface area contributed by atoms with Crippen molar-refractivity contribution in [1.82, 2.24) is 9.97 Å². The summed E-state index contributed by atoms with van der Waals surface area (Å²) < 4.78 is 0. The molecule has 0 saturated heterocycles. The van der Waals surface area contributed by atoms with Crippen molar-refractivity contribution in [3.05, 3.63) is 12.4 Å². The third-order valence-corrected chi connectivity index (χ3v) is 2.80. The molecule has 1 heterocycles. The summed E-state index contributed by atoms with van der Waals surface area (Å²) in [4.78, 5) is 18.8. The number of carboxylic acids is 1. The van der Waals surface area contributed by atoms with Gasteiger partial charge in [-0.15, -0.1) is 0 Å². The van der Waals surface area contributed by atoms with Gasteiger partial charge in [0.25, 0.3) is 0 Å². The standard InChI is InChI=1S/C11H16N4O2/c16-9(17)7-14-10-11(13-6-5-12-10)15-8-3-1-2-4-8/h5-6,8H,1-4,7H2,(H,12,14)(H,13,15)(H,16,17). The Hall–Kier alpha value is -1.85. The first-order valence-electron chi connectivity index (χ1n) is 5.79. The van der Waals surface area contributed by atoms with Crippen LogP contribution >= 0.6 is 0 Å². The van der Waals surface area contributed by atoms with Crippen LogP contribution in [0, 0.1) is 0 Å². The second-order valence-corrected chi connectivity index (χ2v) is 4.13. The predicted octanol–water partition coefficient (Wildman–Crippen LogP) is 1.33. The average molecular weight is 236 g/mol. The molecule has 17 heavy (non-hydrogen) atoms. The molecule has 1 fully saturated rings. The van der Waals surface area contributed by atoms with Crippen molar-refractivity contribution in [2.45, 2.75) is 31.7 Å². The lowest BCUT2D eigenvalue weighted by Gasteiger charge is -2.15. The topological polar surface area (TPSA) is 87.1 Å². The van der Waals surface area contributed by atoms with E-state index in [2.05, 4.69) is 20.6 Å². The fraction of sp³-hybridized carbons (Fsp3) is 0.545. The Morgan fingerprint density at radius 1 is 1.29 bits per heavy atom. The number of aliphatic carboxylic acids is 1. The summed E-state index contributed by atoms with van der Waals surface area (Å²) in [5.41, 5.74) is 0. The van der Waals surface area contributed by atoms with Crippen LogP contribution in [0.2, 0.25) is 0 Å². The van der Waals surface area contributed by atoms with Gasteiger partial charge in [0.05, 0.1) is 0 Å². The maximum absolute atomic E-state index is 10.5. The number of hydrogen-bond acceptors (Lipinski definition) is 5. The van der Waals surface area contributed by atoms with E-state index in [4.69, 9.17) is 5.11 Å². The Labute approximate surface area is 99.5 Å². The molecule has 6 heteroatoms. The van der Waals surface area contributed by atoms with Crippen LogP contribution in [0.4, 0.5) is 11.6 Å². The first-order chi connectivity index (χ1) is 8.25. The Bertz CT molecular complexity index is 391. The number of hydrogen-bond donors (Lipinski definition) is 3. The fourth-order valence-electron chi connectivity index (χ4n) is 2.00. The van der Waals surface area contributed by atoms with Gasteiger partial charge >= 0.3 is 5.97 Å². The number of aromatic nitrogens is 2. The van der Waals surface area contributed by atoms with Crippen LogP contribution in [-0.4, -0.2) is 33.6 Å². The van der Waals surface area contributed by atoms with E-state index >= 15 is 0 Å². The van der Waals surface area contributed by atoms with Gasteiger partial charge in [0.1, 0.15) is 6.54 Å². The zero-order valence-corrected chi connectivity index (χ0v) is 9.52. The molecule has 3 N–H and O–H groups in total. The summed E-state index contributed by atoms with van der Waals surface area (Å²) in [6.07, 6.45) is 7.88. The zero-order chi connectivity index (χ0) is 12.1. The largest absolute Gasteiger partial charge is 0.480 e. The summed E-state index contributed by atoms with van der Waals surface area (Å²) in [6.45, 7) is -0.155. The van der Waals surface area contributed by atoms with Crippen molar-refractivity contribution in [3.8, 4) is 0 Å². The highest BCUT2D eigenvalue weighted by atomic mass is 16.4. The summed E-state index contributed by atoms with van der Waals surface area (Å²) in [5, 5.41) is 14.7. The molecule has 0 bridgehead atoms. The monoisotopic (exact) mass is 236 g/mol. The Morgan fingerprint density at radius 2 is 1.94 bits per heavy atom. The van der Waals surface area contributed by atoms with Crippen LogP contribution in [0.3, 0.4) is 0 Å². The number of nitrogens with one attached hydrogen (secondary N) is 2. The van der Waals surface area contributed by atoms with Gasteiger partial charge in [0.15, 0.2) is 11.6 Å². The molecule has 1 saturated carbocycles. The smallest absolute Gasteiger partial charge is 0.322 e. The summed E-state index contributed by atoms with van der Waals surface area (Å²) in [7, 11) is 0. The third-order valence-electron chi connectivity index (χ3n) is 2.80. The number of rotatable bonds is 5. The van der Waals surface area contributed by atoms with Gasteiger partial charge < -0.3 is 15.7 Å². The molecule has 0 amide bonds. The Kier molecular flexibility index (Phi) is 3.74. The SMILES string of the molecule is O=C(O)CNc1nccnc1NC1CCCC1. The molecule has 0 aliphatic heterocycles. The van der Waals surface area contributed by atoms with Crippen molar-refractivity contribution >= 4 is 17.6 Å². The van der Waals surface area contributed by atoms with Crippen LogP contribution in [0.5, 0.6) is 0 Å². The van der Waals surface area contributed by atoms with Crippen molar-refractivity contribution < 1.29 is 9.90 Å². The molecule has 1 aromatic heterocycles. The van der Waals surface area contributed by atoms with Crippen molar-refractivity contribution in [2.75, 3.05) is 17.2 Å². The van der Waals surface area contributed by atoms with E-state index in [1.54, 1.807) is 12.4 Å². The molecule has 0 aromatic carbocycles. The van der Waals surface area contributed by atoms with Gasteiger partial charge in [-0.25, -0.2) is 9.97 Å². The van der Waals surface area contributed by atoms with E-state index < -0.39 is 5.97 Å². The molecule has 1 aromatic rings. The van der Waals surface area contributed by atoms with E-state index in [-0.39, 0.29) is 6.54 Å². The second-order valence-electron chi connectivity index (χ2n) is 4.13. The van der Waals surface area contributed by atoms with E-state index in [0.29, 0.717) is 17.7 Å². The molecule has 0 atom stereocenters. The van der Waals surface area contributed by atoms with E-state index in [9.17, 15) is 4.79 Å². The minimum Gasteiger partial charge on any atom is -0.480 e. The summed E-state index contributed by atoms with van der Waals surface area (Å²) in [5.74, 6) is 0.227. The lowest BCUT2D eigenvalue weighted by atomic mass is 10.2. The molecular weight excluding hydrogens is 220 g/mol. The van der Waals surface area contributed by atoms with Gasteiger partial charge in [-0.1, -0.05) is 12.8 Å². The highest BCUT2D eigenvalue weighted by Gasteiger charge is 2.17. The third kappa shape index (κ3) is 3.30. The second kappa shape index (κ2) is 5.47. The number of anilines is 2. The zero-order valence-electron chi connectivity index (χ0n) is 9.52. The highest BCUT2D eigenvalue weighted by Crippen LogP contribution is 2.23. The first kappa shape index (κ1) is 11.6. The van der Waals surface area contributed by atoms with E-state index in [1.807, 2.05) is 0 Å². The Balaban J connectivity index is 2.01. The lowest BCUT2D eigenvalue weighted by molar-refractivity contribution is -0.134. The van der Waals surface area contributed by atoms with Gasteiger partial charge in [-0.3, -0.25) is 4.79 Å². The van der Waals surface area contributed by atoms with Crippen molar-refractivity contribution in [2.24, 2.45) is 0 Å². The average Bonchev–Trinajstić information content (AvgIpc) is 2.80. The highest BCUT2D eigenvalue weighted by molar-refractivity contribution is 5.74. The number of carbonyl (C=O) groups is 1. The molecule has 92 valence electrons. The molecule has 0 unspecified atom stereocenters. The number of nitrogens with zero attached hydrogens (tertiary/aromatic N) is 2. The fourth-order valence-corrected chi connectivity index (χ4v) is 2.00. The first-order valence-corrected chi connectivity index (χ1v) is 5.79. The van der Waals surface area contributed by atoms with Crippen molar-refractivity contribution in [3.63, 3.8) is 0 Å². The molecule has 0 spiro atoms. The minimum absolute atomic E-state index is 0.155. The minimum atomic E-state index is -0.914. The molecule has 0 radical (unpaired) electrons. The van der Waals surface area contributed by atoms with E-state index in [1.165, 1.54) is 12.8 Å². The maximum atomic E-state index is 10.5. The predicted molar refractivity (Wildman–Crippen MR) is 64.0 cm³/mol. The van der Waals surface area contributed by atoms with Crippen molar-refractivity contribution in [1.29, 1.82) is 0 Å².